The molecule has 3 fully saturated rings. The van der Waals surface area contributed by atoms with Gasteiger partial charge in [0.25, 0.3) is 0 Å². The van der Waals surface area contributed by atoms with Gasteiger partial charge in [-0.05, 0) is 56.7 Å². The molecule has 1 amide bonds. The molecule has 0 radical (unpaired) electrons. The molecular weight excluding hydrogens is 348 g/mol. The molecule has 5 heteroatoms. The second kappa shape index (κ2) is 7.33. The highest BCUT2D eigenvalue weighted by molar-refractivity contribution is 5.76. The number of hydrogen-bond acceptors (Lipinski definition) is 4. The minimum atomic E-state index is 0.319. The lowest BCUT2D eigenvalue weighted by atomic mass is 9.95. The van der Waals surface area contributed by atoms with Crippen LogP contribution in [0.15, 0.2) is 12.1 Å². The summed E-state index contributed by atoms with van der Waals surface area (Å²) >= 11 is 0. The minimum Gasteiger partial charge on any atom is -0.353 e. The van der Waals surface area contributed by atoms with E-state index in [4.69, 9.17) is 4.98 Å². The fraction of sp³-hybridized carbons (Fsp3) is 0.739. The molecule has 4 heterocycles. The number of rotatable bonds is 3. The van der Waals surface area contributed by atoms with Gasteiger partial charge in [-0.15, -0.1) is 0 Å². The Morgan fingerprint density at radius 1 is 1.14 bits per heavy atom. The second-order valence-electron chi connectivity index (χ2n) is 9.70. The minimum absolute atomic E-state index is 0.319. The highest BCUT2D eigenvalue weighted by atomic mass is 16.2. The van der Waals surface area contributed by atoms with Crippen LogP contribution in [0.5, 0.6) is 0 Å². The Morgan fingerprint density at radius 3 is 2.86 bits per heavy atom. The number of carbonyl (C=O) groups is 1. The number of aromatic nitrogens is 1. The van der Waals surface area contributed by atoms with Crippen molar-refractivity contribution in [3.8, 4) is 0 Å². The summed E-state index contributed by atoms with van der Waals surface area (Å²) in [6, 6.07) is 4.42. The molecule has 1 atom stereocenters. The first-order chi connectivity index (χ1) is 13.6. The molecule has 152 valence electrons. The molecule has 1 aromatic heterocycles. The molecule has 0 spiro atoms. The van der Waals surface area contributed by atoms with Crippen molar-refractivity contribution in [3.63, 3.8) is 0 Å². The molecule has 1 aromatic rings. The van der Waals surface area contributed by atoms with Crippen molar-refractivity contribution in [2.75, 3.05) is 37.6 Å². The van der Waals surface area contributed by atoms with Crippen LogP contribution in [0.25, 0.3) is 0 Å². The van der Waals surface area contributed by atoms with Gasteiger partial charge in [-0.3, -0.25) is 9.69 Å². The lowest BCUT2D eigenvalue weighted by molar-refractivity contribution is -0.133. The van der Waals surface area contributed by atoms with Crippen molar-refractivity contribution in [2.45, 2.75) is 70.4 Å². The van der Waals surface area contributed by atoms with E-state index < -0.39 is 0 Å². The van der Waals surface area contributed by atoms with Crippen molar-refractivity contribution in [1.29, 1.82) is 0 Å². The van der Waals surface area contributed by atoms with Crippen LogP contribution in [-0.2, 0) is 17.8 Å². The Labute approximate surface area is 169 Å². The van der Waals surface area contributed by atoms with Crippen LogP contribution < -0.4 is 4.90 Å². The average molecular weight is 383 g/mol. The molecule has 5 nitrogen and oxygen atoms in total. The number of anilines is 1. The van der Waals surface area contributed by atoms with Gasteiger partial charge in [0.05, 0.1) is 0 Å². The highest BCUT2D eigenvalue weighted by Crippen LogP contribution is 2.34. The summed E-state index contributed by atoms with van der Waals surface area (Å²) in [7, 11) is 0. The third kappa shape index (κ3) is 3.42. The van der Waals surface area contributed by atoms with E-state index in [0.29, 0.717) is 17.4 Å². The Bertz CT molecular complexity index is 744. The molecule has 0 bridgehead atoms. The molecule has 28 heavy (non-hydrogen) atoms. The third-order valence-corrected chi connectivity index (χ3v) is 7.73. The van der Waals surface area contributed by atoms with Gasteiger partial charge in [-0.25, -0.2) is 4.98 Å². The normalized spacial score (nSPS) is 28.5. The molecule has 1 unspecified atom stereocenters. The summed E-state index contributed by atoms with van der Waals surface area (Å²) in [6.45, 7) is 8.57. The van der Waals surface area contributed by atoms with E-state index in [2.05, 4.69) is 33.8 Å². The number of hydrogen-bond donors (Lipinski definition) is 0. The van der Waals surface area contributed by atoms with Gasteiger partial charge in [-0.1, -0.05) is 18.9 Å². The zero-order valence-electron chi connectivity index (χ0n) is 17.3. The van der Waals surface area contributed by atoms with Crippen LogP contribution in [0.2, 0.25) is 0 Å². The van der Waals surface area contributed by atoms with Gasteiger partial charge in [0, 0.05) is 56.8 Å². The van der Waals surface area contributed by atoms with E-state index in [9.17, 15) is 4.79 Å². The Kier molecular flexibility index (Phi) is 4.82. The monoisotopic (exact) mass is 382 g/mol. The molecule has 4 aliphatic rings. The first kappa shape index (κ1) is 18.4. The number of nitrogens with zero attached hydrogens (tertiary/aromatic N) is 4. The van der Waals surface area contributed by atoms with E-state index in [-0.39, 0.29) is 0 Å². The van der Waals surface area contributed by atoms with E-state index in [1.165, 1.54) is 56.3 Å². The number of amides is 1. The van der Waals surface area contributed by atoms with E-state index in [1.54, 1.807) is 0 Å². The predicted molar refractivity (Wildman–Crippen MR) is 111 cm³/mol. The predicted octanol–water partition coefficient (Wildman–Crippen LogP) is 3.22. The summed E-state index contributed by atoms with van der Waals surface area (Å²) in [5, 5.41) is 0. The molecule has 0 aromatic carbocycles. The molecule has 1 aliphatic carbocycles. The second-order valence-corrected chi connectivity index (χ2v) is 9.70. The summed E-state index contributed by atoms with van der Waals surface area (Å²) in [5.41, 5.74) is 2.78. The number of carbonyl (C=O) groups excluding carboxylic acids is 1. The van der Waals surface area contributed by atoms with Gasteiger partial charge in [0.2, 0.25) is 5.91 Å². The summed E-state index contributed by atoms with van der Waals surface area (Å²) in [6.07, 6.45) is 9.38. The lowest BCUT2D eigenvalue weighted by Gasteiger charge is -2.45. The van der Waals surface area contributed by atoms with Gasteiger partial charge in [0.1, 0.15) is 5.82 Å². The van der Waals surface area contributed by atoms with E-state index >= 15 is 0 Å². The van der Waals surface area contributed by atoms with Crippen molar-refractivity contribution in [1.82, 2.24) is 14.8 Å². The lowest BCUT2D eigenvalue weighted by Crippen LogP contribution is -2.58. The standard InChI is InChI=1S/C23H34N4O/c1-23-10-4-11-27(23)14-13-26(17-23)21-8-7-19-16-25(12-9-20(19)24-21)22(28)15-18-5-2-3-6-18/h7-8,18H,2-6,9-17H2,1H3. The third-order valence-electron chi connectivity index (χ3n) is 7.73. The van der Waals surface area contributed by atoms with Crippen LogP contribution in [-0.4, -0.2) is 59.0 Å². The van der Waals surface area contributed by atoms with Gasteiger partial charge < -0.3 is 9.80 Å². The quantitative estimate of drug-likeness (QED) is 0.805. The van der Waals surface area contributed by atoms with Crippen molar-refractivity contribution >= 4 is 11.7 Å². The first-order valence-electron chi connectivity index (χ1n) is 11.4. The zero-order chi connectivity index (χ0) is 19.1. The summed E-state index contributed by atoms with van der Waals surface area (Å²) in [5.74, 6) is 2.12. The smallest absolute Gasteiger partial charge is 0.223 e. The molecule has 5 rings (SSSR count). The van der Waals surface area contributed by atoms with Crippen molar-refractivity contribution < 1.29 is 4.79 Å². The number of fused-ring (bicyclic) bond motifs is 2. The Balaban J connectivity index is 1.25. The maximum Gasteiger partial charge on any atom is 0.223 e. The SMILES string of the molecule is CC12CCCN1CCN(c1ccc3c(n1)CCN(C(=O)CC1CCCC1)C3)C2. The molecule has 2 saturated heterocycles. The topological polar surface area (TPSA) is 39.7 Å². The summed E-state index contributed by atoms with van der Waals surface area (Å²) in [4.78, 5) is 25.0. The van der Waals surface area contributed by atoms with Crippen LogP contribution in [0.3, 0.4) is 0 Å². The van der Waals surface area contributed by atoms with Crippen molar-refractivity contribution in [3.05, 3.63) is 23.4 Å². The number of pyridine rings is 1. The molecule has 0 N–H and O–H groups in total. The van der Waals surface area contributed by atoms with Crippen LogP contribution in [0.4, 0.5) is 5.82 Å². The van der Waals surface area contributed by atoms with Crippen molar-refractivity contribution in [2.24, 2.45) is 5.92 Å². The highest BCUT2D eigenvalue weighted by Gasteiger charge is 2.41. The largest absolute Gasteiger partial charge is 0.353 e. The van der Waals surface area contributed by atoms with Gasteiger partial charge in [-0.2, -0.15) is 0 Å². The van der Waals surface area contributed by atoms with Gasteiger partial charge in [0.15, 0.2) is 0 Å². The average Bonchev–Trinajstić information content (AvgIpc) is 3.35. The molecular formula is C23H34N4O. The fourth-order valence-electron chi connectivity index (χ4n) is 5.95. The number of piperazine rings is 1. The maximum absolute atomic E-state index is 12.7. The van der Waals surface area contributed by atoms with Crippen LogP contribution >= 0.6 is 0 Å². The van der Waals surface area contributed by atoms with E-state index in [1.807, 2.05) is 0 Å². The fourth-order valence-corrected chi connectivity index (χ4v) is 5.95. The maximum atomic E-state index is 12.7. The first-order valence-corrected chi connectivity index (χ1v) is 11.4. The molecule has 3 aliphatic heterocycles. The van der Waals surface area contributed by atoms with Crippen LogP contribution in [0, 0.1) is 5.92 Å². The Hall–Kier alpha value is -1.62. The Morgan fingerprint density at radius 2 is 2.00 bits per heavy atom. The van der Waals surface area contributed by atoms with Gasteiger partial charge >= 0.3 is 0 Å². The van der Waals surface area contributed by atoms with Crippen LogP contribution in [0.1, 0.15) is 63.1 Å². The summed E-state index contributed by atoms with van der Waals surface area (Å²) < 4.78 is 0. The van der Waals surface area contributed by atoms with E-state index in [0.717, 1.165) is 51.4 Å². The zero-order valence-corrected chi connectivity index (χ0v) is 17.3. The molecule has 1 saturated carbocycles.